The molecule has 0 aliphatic carbocycles. The van der Waals surface area contributed by atoms with Crippen LogP contribution in [0.25, 0.3) is 0 Å². The molecule has 0 aliphatic rings. The normalized spacial score (nSPS) is 10.4. The van der Waals surface area contributed by atoms with Crippen LogP contribution in [-0.2, 0) is 6.61 Å². The molecule has 0 unspecified atom stereocenters. The summed E-state index contributed by atoms with van der Waals surface area (Å²) >= 11 is 1.07. The van der Waals surface area contributed by atoms with Crippen molar-refractivity contribution in [1.29, 1.82) is 0 Å². The van der Waals surface area contributed by atoms with Gasteiger partial charge in [0.2, 0.25) is 0 Å². The Hall–Kier alpha value is -3.46. The van der Waals surface area contributed by atoms with Gasteiger partial charge in [0.15, 0.2) is 11.5 Å². The molecule has 3 aromatic rings. The van der Waals surface area contributed by atoms with Crippen molar-refractivity contribution in [3.63, 3.8) is 0 Å². The second-order valence-corrected chi connectivity index (χ2v) is 7.04. The number of ether oxygens (including phenoxy) is 2. The van der Waals surface area contributed by atoms with Gasteiger partial charge in [-0.3, -0.25) is 19.9 Å². The average molecular weight is 399 g/mol. The lowest BCUT2D eigenvalue weighted by atomic mass is 10.2. The first kappa shape index (κ1) is 19.3. The number of nitrogens with one attached hydrogen (secondary N) is 1. The third-order valence-corrected chi connectivity index (χ3v) is 4.89. The van der Waals surface area contributed by atoms with E-state index in [0.29, 0.717) is 22.1 Å². The number of aryl methyl sites for hydroxylation is 1. The van der Waals surface area contributed by atoms with Gasteiger partial charge in [-0.15, -0.1) is 11.3 Å². The van der Waals surface area contributed by atoms with E-state index in [1.807, 2.05) is 12.1 Å². The molecule has 0 atom stereocenters. The van der Waals surface area contributed by atoms with Crippen molar-refractivity contribution in [2.45, 2.75) is 13.5 Å². The van der Waals surface area contributed by atoms with E-state index in [2.05, 4.69) is 10.3 Å². The van der Waals surface area contributed by atoms with E-state index in [-0.39, 0.29) is 17.2 Å². The molecule has 8 nitrogen and oxygen atoms in total. The average Bonchev–Trinajstić information content (AvgIpc) is 3.09. The van der Waals surface area contributed by atoms with Crippen LogP contribution in [0.4, 0.5) is 11.4 Å². The Balaban J connectivity index is 1.76. The van der Waals surface area contributed by atoms with Crippen molar-refractivity contribution in [3.8, 4) is 11.5 Å². The molecule has 0 fully saturated rings. The lowest BCUT2D eigenvalue weighted by Gasteiger charge is -2.12. The summed E-state index contributed by atoms with van der Waals surface area (Å²) in [6.07, 6.45) is 3.38. The topological polar surface area (TPSA) is 104 Å². The first-order chi connectivity index (χ1) is 13.5. The Kier molecular flexibility index (Phi) is 5.85. The van der Waals surface area contributed by atoms with Crippen LogP contribution in [-0.4, -0.2) is 22.9 Å². The number of hydrogen-bond donors (Lipinski definition) is 1. The van der Waals surface area contributed by atoms with Crippen LogP contribution in [0.3, 0.4) is 0 Å². The molecule has 9 heteroatoms. The standard InChI is InChI=1S/C19H17N3O5S/c1-12-15(22(24)25)9-18(28-12)19(23)21-14-5-6-16(26-2)17(8-14)27-11-13-4-3-7-20-10-13/h3-10H,11H2,1-2H3,(H,21,23). The SMILES string of the molecule is COc1ccc(NC(=O)c2cc([N+](=O)[O-])c(C)s2)cc1OCc1cccnc1. The fraction of sp³-hybridized carbons (Fsp3) is 0.158. The van der Waals surface area contributed by atoms with Gasteiger partial charge in [-0.25, -0.2) is 0 Å². The van der Waals surface area contributed by atoms with Gasteiger partial charge in [0.25, 0.3) is 11.6 Å². The van der Waals surface area contributed by atoms with Gasteiger partial charge < -0.3 is 14.8 Å². The Bertz CT molecular complexity index is 1000. The summed E-state index contributed by atoms with van der Waals surface area (Å²) in [5, 5.41) is 13.7. The molecular weight excluding hydrogens is 382 g/mol. The van der Waals surface area contributed by atoms with Gasteiger partial charge in [0.1, 0.15) is 6.61 Å². The molecule has 0 aliphatic heterocycles. The maximum absolute atomic E-state index is 12.4. The number of aromatic nitrogens is 1. The number of carbonyl (C=O) groups is 1. The molecule has 0 saturated carbocycles. The zero-order chi connectivity index (χ0) is 20.1. The lowest BCUT2D eigenvalue weighted by molar-refractivity contribution is -0.385. The molecule has 0 saturated heterocycles. The predicted molar refractivity (Wildman–Crippen MR) is 105 cm³/mol. The Morgan fingerprint density at radius 2 is 2.11 bits per heavy atom. The minimum Gasteiger partial charge on any atom is -0.493 e. The molecule has 1 N–H and O–H groups in total. The van der Waals surface area contributed by atoms with E-state index < -0.39 is 10.8 Å². The predicted octanol–water partition coefficient (Wildman–Crippen LogP) is 4.20. The summed E-state index contributed by atoms with van der Waals surface area (Å²) < 4.78 is 11.1. The summed E-state index contributed by atoms with van der Waals surface area (Å²) in [7, 11) is 1.53. The molecule has 144 valence electrons. The summed E-state index contributed by atoms with van der Waals surface area (Å²) in [6, 6.07) is 9.96. The van der Waals surface area contributed by atoms with Crippen molar-refractivity contribution < 1.29 is 19.2 Å². The number of nitrogens with zero attached hydrogens (tertiary/aromatic N) is 2. The van der Waals surface area contributed by atoms with Crippen molar-refractivity contribution in [2.24, 2.45) is 0 Å². The van der Waals surface area contributed by atoms with E-state index in [9.17, 15) is 14.9 Å². The van der Waals surface area contributed by atoms with Gasteiger partial charge >= 0.3 is 0 Å². The van der Waals surface area contributed by atoms with Gasteiger partial charge in [0, 0.05) is 35.8 Å². The number of rotatable bonds is 7. The Morgan fingerprint density at radius 3 is 2.75 bits per heavy atom. The number of nitro groups is 1. The van der Waals surface area contributed by atoms with E-state index >= 15 is 0 Å². The van der Waals surface area contributed by atoms with Crippen molar-refractivity contribution in [3.05, 3.63) is 74.2 Å². The molecule has 0 spiro atoms. The van der Waals surface area contributed by atoms with Crippen LogP contribution >= 0.6 is 11.3 Å². The second-order valence-electron chi connectivity index (χ2n) is 5.78. The van der Waals surface area contributed by atoms with Crippen LogP contribution in [0.1, 0.15) is 20.1 Å². The van der Waals surface area contributed by atoms with Crippen LogP contribution in [0.15, 0.2) is 48.8 Å². The highest BCUT2D eigenvalue weighted by Gasteiger charge is 2.20. The smallest absolute Gasteiger partial charge is 0.283 e. The highest BCUT2D eigenvalue weighted by molar-refractivity contribution is 7.14. The van der Waals surface area contributed by atoms with E-state index in [4.69, 9.17) is 9.47 Å². The van der Waals surface area contributed by atoms with Crippen molar-refractivity contribution >= 4 is 28.6 Å². The lowest BCUT2D eigenvalue weighted by Crippen LogP contribution is -2.10. The highest BCUT2D eigenvalue weighted by atomic mass is 32.1. The molecule has 1 aromatic carbocycles. The number of carbonyl (C=O) groups excluding carboxylic acids is 1. The van der Waals surface area contributed by atoms with E-state index in [1.54, 1.807) is 37.5 Å². The van der Waals surface area contributed by atoms with Crippen LogP contribution in [0.2, 0.25) is 0 Å². The number of hydrogen-bond acceptors (Lipinski definition) is 7. The number of thiophene rings is 1. The summed E-state index contributed by atoms with van der Waals surface area (Å²) in [4.78, 5) is 27.7. The summed E-state index contributed by atoms with van der Waals surface area (Å²) in [5.41, 5.74) is 1.31. The quantitative estimate of drug-likeness (QED) is 0.472. The fourth-order valence-electron chi connectivity index (χ4n) is 2.47. The molecule has 2 heterocycles. The Labute approximate surface area is 164 Å². The number of methoxy groups -OCH3 is 1. The molecule has 3 rings (SSSR count). The zero-order valence-corrected chi connectivity index (χ0v) is 16.0. The van der Waals surface area contributed by atoms with Crippen LogP contribution < -0.4 is 14.8 Å². The number of benzene rings is 1. The minimum absolute atomic E-state index is 0.0645. The third kappa shape index (κ3) is 4.44. The first-order valence-electron chi connectivity index (χ1n) is 8.24. The monoisotopic (exact) mass is 399 g/mol. The van der Waals surface area contributed by atoms with Crippen molar-refractivity contribution in [1.82, 2.24) is 4.98 Å². The van der Waals surface area contributed by atoms with Crippen molar-refractivity contribution in [2.75, 3.05) is 12.4 Å². The largest absolute Gasteiger partial charge is 0.493 e. The second kappa shape index (κ2) is 8.49. The van der Waals surface area contributed by atoms with Crippen LogP contribution in [0, 0.1) is 17.0 Å². The molecule has 0 radical (unpaired) electrons. The number of pyridine rings is 1. The molecule has 2 aromatic heterocycles. The van der Waals surface area contributed by atoms with Gasteiger partial charge in [-0.1, -0.05) is 6.07 Å². The van der Waals surface area contributed by atoms with Crippen LogP contribution in [0.5, 0.6) is 11.5 Å². The van der Waals surface area contributed by atoms with Gasteiger partial charge in [-0.05, 0) is 25.1 Å². The van der Waals surface area contributed by atoms with E-state index in [1.165, 1.54) is 13.2 Å². The summed E-state index contributed by atoms with van der Waals surface area (Å²) in [5.74, 6) is 0.548. The molecule has 1 amide bonds. The number of anilines is 1. The third-order valence-electron chi connectivity index (χ3n) is 3.85. The maximum atomic E-state index is 12.4. The Morgan fingerprint density at radius 1 is 1.29 bits per heavy atom. The van der Waals surface area contributed by atoms with Gasteiger partial charge in [-0.2, -0.15) is 0 Å². The van der Waals surface area contributed by atoms with Gasteiger partial charge in [0.05, 0.1) is 21.8 Å². The molecular formula is C19H17N3O5S. The summed E-state index contributed by atoms with van der Waals surface area (Å²) in [6.45, 7) is 1.90. The highest BCUT2D eigenvalue weighted by Crippen LogP contribution is 2.32. The van der Waals surface area contributed by atoms with E-state index in [0.717, 1.165) is 16.9 Å². The molecule has 0 bridgehead atoms. The molecule has 28 heavy (non-hydrogen) atoms. The minimum atomic E-state index is -0.500. The zero-order valence-electron chi connectivity index (χ0n) is 15.2. The maximum Gasteiger partial charge on any atom is 0.283 e. The fourth-order valence-corrected chi connectivity index (χ4v) is 3.35. The number of amides is 1. The first-order valence-corrected chi connectivity index (χ1v) is 9.05.